The lowest BCUT2D eigenvalue weighted by Crippen LogP contribution is -2.29. The highest BCUT2D eigenvalue weighted by atomic mass is 19.1. The monoisotopic (exact) mass is 256 g/mol. The Hall–Kier alpha value is -2.36. The largest absolute Gasteiger partial charge is 0.398 e. The zero-order valence-corrected chi connectivity index (χ0v) is 10.3. The van der Waals surface area contributed by atoms with Crippen LogP contribution in [0.4, 0.5) is 15.8 Å². The van der Waals surface area contributed by atoms with Crippen LogP contribution < -0.4 is 10.6 Å². The molecule has 96 valence electrons. The number of nitrogens with two attached hydrogens (primary N) is 1. The predicted octanol–water partition coefficient (Wildman–Crippen LogP) is 2.61. The molecular formula is C15H13FN2O. The summed E-state index contributed by atoms with van der Waals surface area (Å²) in [6.45, 7) is 0.561. The first-order chi connectivity index (χ1) is 9.16. The molecule has 1 aliphatic heterocycles. The number of halogens is 1. The Morgan fingerprint density at radius 3 is 2.79 bits per heavy atom. The number of nitrogens with zero attached hydrogens (tertiary/aromatic N) is 1. The lowest BCUT2D eigenvalue weighted by atomic mass is 10.1. The second-order valence-electron chi connectivity index (χ2n) is 4.57. The van der Waals surface area contributed by atoms with E-state index in [9.17, 15) is 9.18 Å². The van der Waals surface area contributed by atoms with Crippen LogP contribution >= 0.6 is 0 Å². The van der Waals surface area contributed by atoms with Crippen molar-refractivity contribution in [3.05, 3.63) is 59.4 Å². The summed E-state index contributed by atoms with van der Waals surface area (Å²) in [5, 5.41) is 0. The average molecular weight is 256 g/mol. The molecule has 2 aromatic carbocycles. The minimum atomic E-state index is -0.334. The first-order valence-electron chi connectivity index (χ1n) is 6.11. The summed E-state index contributed by atoms with van der Waals surface area (Å²) in [7, 11) is 0. The minimum Gasteiger partial charge on any atom is -0.398 e. The molecule has 0 atom stereocenters. The van der Waals surface area contributed by atoms with E-state index in [1.54, 1.807) is 35.2 Å². The fourth-order valence-electron chi connectivity index (χ4n) is 2.40. The predicted molar refractivity (Wildman–Crippen MR) is 72.6 cm³/mol. The molecule has 2 aromatic rings. The number of benzene rings is 2. The van der Waals surface area contributed by atoms with Crippen LogP contribution in [0, 0.1) is 5.82 Å². The van der Waals surface area contributed by atoms with Crippen molar-refractivity contribution < 1.29 is 9.18 Å². The average Bonchev–Trinajstić information content (AvgIpc) is 2.81. The number of carbonyl (C=O) groups excluding carboxylic acids is 1. The third-order valence-electron chi connectivity index (χ3n) is 3.38. The maximum Gasteiger partial charge on any atom is 0.260 e. The van der Waals surface area contributed by atoms with Crippen molar-refractivity contribution >= 4 is 17.3 Å². The number of fused-ring (bicyclic) bond motifs is 1. The Kier molecular flexibility index (Phi) is 2.71. The molecule has 1 heterocycles. The highest BCUT2D eigenvalue weighted by molar-refractivity contribution is 6.10. The Balaban J connectivity index is 2.00. The van der Waals surface area contributed by atoms with E-state index in [0.29, 0.717) is 23.5 Å². The molecule has 0 saturated carbocycles. The zero-order chi connectivity index (χ0) is 13.4. The lowest BCUT2D eigenvalue weighted by molar-refractivity contribution is 0.0990. The molecule has 3 nitrogen and oxygen atoms in total. The first kappa shape index (κ1) is 11.7. The van der Waals surface area contributed by atoms with Gasteiger partial charge in [0.05, 0.1) is 11.3 Å². The summed E-state index contributed by atoms with van der Waals surface area (Å²) in [4.78, 5) is 14.1. The van der Waals surface area contributed by atoms with Crippen molar-refractivity contribution in [2.24, 2.45) is 0 Å². The lowest BCUT2D eigenvalue weighted by Gasteiger charge is -2.18. The van der Waals surface area contributed by atoms with Crippen molar-refractivity contribution in [2.45, 2.75) is 6.42 Å². The van der Waals surface area contributed by atoms with Crippen LogP contribution in [-0.2, 0) is 6.42 Å². The summed E-state index contributed by atoms with van der Waals surface area (Å²) in [5.74, 6) is -0.512. The third kappa shape index (κ3) is 1.95. The van der Waals surface area contributed by atoms with Gasteiger partial charge in [0, 0.05) is 12.2 Å². The van der Waals surface area contributed by atoms with Gasteiger partial charge in [0.1, 0.15) is 5.82 Å². The van der Waals surface area contributed by atoms with Gasteiger partial charge in [0.25, 0.3) is 5.91 Å². The Morgan fingerprint density at radius 1 is 1.21 bits per heavy atom. The highest BCUT2D eigenvalue weighted by Gasteiger charge is 2.26. The first-order valence-corrected chi connectivity index (χ1v) is 6.11. The van der Waals surface area contributed by atoms with Crippen molar-refractivity contribution in [3.8, 4) is 0 Å². The molecule has 4 heteroatoms. The number of nitrogen functional groups attached to an aromatic ring is 1. The number of anilines is 2. The van der Waals surface area contributed by atoms with E-state index >= 15 is 0 Å². The van der Waals surface area contributed by atoms with Crippen LogP contribution in [0.5, 0.6) is 0 Å². The second-order valence-corrected chi connectivity index (χ2v) is 4.57. The van der Waals surface area contributed by atoms with E-state index in [1.807, 2.05) is 0 Å². The standard InChI is InChI=1S/C15H13FN2O/c16-11-6-5-10-7-8-18(14(10)9-11)15(19)12-3-1-2-4-13(12)17/h1-6,9H,7-8,17H2. The molecule has 0 aromatic heterocycles. The summed E-state index contributed by atoms with van der Waals surface area (Å²) in [5.41, 5.74) is 8.35. The number of rotatable bonds is 1. The molecule has 19 heavy (non-hydrogen) atoms. The normalized spacial score (nSPS) is 13.4. The van der Waals surface area contributed by atoms with E-state index in [4.69, 9.17) is 5.73 Å². The summed E-state index contributed by atoms with van der Waals surface area (Å²) in [6, 6.07) is 11.5. The Morgan fingerprint density at radius 2 is 2.00 bits per heavy atom. The van der Waals surface area contributed by atoms with E-state index in [0.717, 1.165) is 12.0 Å². The van der Waals surface area contributed by atoms with Crippen molar-refractivity contribution in [3.63, 3.8) is 0 Å². The van der Waals surface area contributed by atoms with Gasteiger partial charge in [-0.25, -0.2) is 4.39 Å². The van der Waals surface area contributed by atoms with Crippen LogP contribution in [0.25, 0.3) is 0 Å². The zero-order valence-electron chi connectivity index (χ0n) is 10.3. The number of para-hydroxylation sites is 1. The van der Waals surface area contributed by atoms with Gasteiger partial charge in [-0.3, -0.25) is 4.79 Å². The Bertz CT molecular complexity index is 654. The van der Waals surface area contributed by atoms with Crippen molar-refractivity contribution in [1.82, 2.24) is 0 Å². The molecular weight excluding hydrogens is 243 g/mol. The summed E-state index contributed by atoms with van der Waals surface area (Å²) < 4.78 is 13.3. The van der Waals surface area contributed by atoms with Crippen LogP contribution in [0.1, 0.15) is 15.9 Å². The van der Waals surface area contributed by atoms with E-state index in [1.165, 1.54) is 12.1 Å². The molecule has 1 aliphatic rings. The third-order valence-corrected chi connectivity index (χ3v) is 3.38. The van der Waals surface area contributed by atoms with Gasteiger partial charge in [-0.2, -0.15) is 0 Å². The van der Waals surface area contributed by atoms with Crippen LogP contribution in [0.15, 0.2) is 42.5 Å². The van der Waals surface area contributed by atoms with Gasteiger partial charge in [0.2, 0.25) is 0 Å². The molecule has 0 radical (unpaired) electrons. The molecule has 2 N–H and O–H groups in total. The van der Waals surface area contributed by atoms with Crippen LogP contribution in [-0.4, -0.2) is 12.5 Å². The fourth-order valence-corrected chi connectivity index (χ4v) is 2.40. The van der Waals surface area contributed by atoms with Gasteiger partial charge in [-0.15, -0.1) is 0 Å². The molecule has 0 bridgehead atoms. The SMILES string of the molecule is Nc1ccccc1C(=O)N1CCc2ccc(F)cc21. The topological polar surface area (TPSA) is 46.3 Å². The molecule has 0 saturated heterocycles. The van der Waals surface area contributed by atoms with E-state index in [2.05, 4.69) is 0 Å². The molecule has 0 aliphatic carbocycles. The van der Waals surface area contributed by atoms with Gasteiger partial charge < -0.3 is 10.6 Å². The van der Waals surface area contributed by atoms with Crippen LogP contribution in [0.2, 0.25) is 0 Å². The molecule has 0 fully saturated rings. The highest BCUT2D eigenvalue weighted by Crippen LogP contribution is 2.30. The molecule has 3 rings (SSSR count). The number of carbonyl (C=O) groups is 1. The van der Waals surface area contributed by atoms with Gasteiger partial charge >= 0.3 is 0 Å². The maximum absolute atomic E-state index is 13.3. The minimum absolute atomic E-state index is 0.178. The van der Waals surface area contributed by atoms with Gasteiger partial charge in [-0.1, -0.05) is 18.2 Å². The smallest absolute Gasteiger partial charge is 0.260 e. The Labute approximate surface area is 110 Å². The van der Waals surface area contributed by atoms with Crippen LogP contribution in [0.3, 0.4) is 0 Å². The number of amides is 1. The quantitative estimate of drug-likeness (QED) is 0.797. The van der Waals surface area contributed by atoms with Gasteiger partial charge in [-0.05, 0) is 36.2 Å². The van der Waals surface area contributed by atoms with E-state index < -0.39 is 0 Å². The van der Waals surface area contributed by atoms with E-state index in [-0.39, 0.29) is 11.7 Å². The molecule has 1 amide bonds. The van der Waals surface area contributed by atoms with Crippen molar-refractivity contribution in [1.29, 1.82) is 0 Å². The second kappa shape index (κ2) is 4.39. The number of hydrogen-bond acceptors (Lipinski definition) is 2. The maximum atomic E-state index is 13.3. The molecule has 0 spiro atoms. The fraction of sp³-hybridized carbons (Fsp3) is 0.133. The summed E-state index contributed by atoms with van der Waals surface area (Å²) in [6.07, 6.45) is 0.744. The summed E-state index contributed by atoms with van der Waals surface area (Å²) >= 11 is 0. The number of hydrogen-bond donors (Lipinski definition) is 1. The molecule has 0 unspecified atom stereocenters. The van der Waals surface area contributed by atoms with Crippen molar-refractivity contribution in [2.75, 3.05) is 17.2 Å². The van der Waals surface area contributed by atoms with Gasteiger partial charge in [0.15, 0.2) is 0 Å².